The Bertz CT molecular complexity index is 1040. The summed E-state index contributed by atoms with van der Waals surface area (Å²) in [5.74, 6) is 0.836. The van der Waals surface area contributed by atoms with E-state index in [1.165, 1.54) is 12.8 Å². The van der Waals surface area contributed by atoms with Crippen molar-refractivity contribution in [1.82, 2.24) is 14.5 Å². The highest BCUT2D eigenvalue weighted by Crippen LogP contribution is 2.35. The first-order valence-electron chi connectivity index (χ1n) is 9.62. The number of amides is 1. The lowest BCUT2D eigenvalue weighted by atomic mass is 10.1. The predicted molar refractivity (Wildman–Crippen MR) is 114 cm³/mol. The summed E-state index contributed by atoms with van der Waals surface area (Å²) in [6, 6.07) is 11.6. The first-order valence-corrected chi connectivity index (χ1v) is 10.4. The SMILES string of the molecule is Cc1ccc(C(=O)N(C)Cc2nc3ccc(Cl)cc3n2C2CCCC2)cc1Cl. The van der Waals surface area contributed by atoms with Crippen LogP contribution in [0.5, 0.6) is 0 Å². The van der Waals surface area contributed by atoms with Crippen molar-refractivity contribution in [3.8, 4) is 0 Å². The Kier molecular flexibility index (Phi) is 5.35. The summed E-state index contributed by atoms with van der Waals surface area (Å²) in [4.78, 5) is 19.5. The van der Waals surface area contributed by atoms with E-state index in [4.69, 9.17) is 28.2 Å². The van der Waals surface area contributed by atoms with Crippen molar-refractivity contribution >= 4 is 40.1 Å². The van der Waals surface area contributed by atoms with Crippen molar-refractivity contribution in [3.05, 3.63) is 63.4 Å². The fourth-order valence-electron chi connectivity index (χ4n) is 4.03. The first kappa shape index (κ1) is 19.3. The van der Waals surface area contributed by atoms with Gasteiger partial charge in [-0.25, -0.2) is 4.98 Å². The van der Waals surface area contributed by atoms with E-state index in [0.717, 1.165) is 35.3 Å². The van der Waals surface area contributed by atoms with Crippen LogP contribution in [0.25, 0.3) is 11.0 Å². The molecule has 1 aromatic heterocycles. The monoisotopic (exact) mass is 415 g/mol. The minimum atomic E-state index is -0.0649. The lowest BCUT2D eigenvalue weighted by molar-refractivity contribution is 0.0779. The van der Waals surface area contributed by atoms with E-state index in [9.17, 15) is 4.79 Å². The van der Waals surface area contributed by atoms with Gasteiger partial charge in [0.05, 0.1) is 17.6 Å². The van der Waals surface area contributed by atoms with Gasteiger partial charge >= 0.3 is 0 Å². The molecule has 1 aliphatic carbocycles. The third-order valence-corrected chi connectivity index (χ3v) is 6.20. The third-order valence-electron chi connectivity index (χ3n) is 5.56. The highest BCUT2D eigenvalue weighted by molar-refractivity contribution is 6.31. The molecule has 28 heavy (non-hydrogen) atoms. The van der Waals surface area contributed by atoms with Gasteiger partial charge in [-0.1, -0.05) is 42.1 Å². The molecule has 0 unspecified atom stereocenters. The number of fused-ring (bicyclic) bond motifs is 1. The van der Waals surface area contributed by atoms with E-state index in [1.807, 2.05) is 37.3 Å². The number of carbonyl (C=O) groups is 1. The second kappa shape index (κ2) is 7.76. The number of aryl methyl sites for hydroxylation is 1. The molecule has 0 radical (unpaired) electrons. The number of benzene rings is 2. The molecule has 1 aliphatic rings. The average molecular weight is 416 g/mol. The van der Waals surface area contributed by atoms with Crippen LogP contribution >= 0.6 is 23.2 Å². The third kappa shape index (κ3) is 3.63. The Morgan fingerprint density at radius 2 is 1.93 bits per heavy atom. The van der Waals surface area contributed by atoms with E-state index < -0.39 is 0 Å². The second-order valence-corrected chi connectivity index (χ2v) is 8.44. The summed E-state index contributed by atoms with van der Waals surface area (Å²) < 4.78 is 2.29. The Morgan fingerprint density at radius 1 is 1.18 bits per heavy atom. The lowest BCUT2D eigenvalue weighted by Gasteiger charge is -2.21. The van der Waals surface area contributed by atoms with E-state index in [0.29, 0.717) is 28.2 Å². The molecule has 6 heteroatoms. The van der Waals surface area contributed by atoms with Gasteiger partial charge in [0.2, 0.25) is 0 Å². The lowest BCUT2D eigenvalue weighted by Crippen LogP contribution is -2.28. The van der Waals surface area contributed by atoms with Crippen molar-refractivity contribution in [1.29, 1.82) is 0 Å². The molecular weight excluding hydrogens is 393 g/mol. The minimum absolute atomic E-state index is 0.0649. The van der Waals surface area contributed by atoms with Crippen molar-refractivity contribution in [2.24, 2.45) is 0 Å². The summed E-state index contributed by atoms with van der Waals surface area (Å²) >= 11 is 12.5. The number of hydrogen-bond acceptors (Lipinski definition) is 2. The number of halogens is 2. The van der Waals surface area contributed by atoms with E-state index in [1.54, 1.807) is 18.0 Å². The van der Waals surface area contributed by atoms with Crippen LogP contribution in [0.15, 0.2) is 36.4 Å². The molecule has 3 aromatic rings. The Balaban J connectivity index is 1.67. The Labute approximate surface area is 175 Å². The van der Waals surface area contributed by atoms with Crippen LogP contribution in [0.3, 0.4) is 0 Å². The predicted octanol–water partition coefficient (Wildman–Crippen LogP) is 6.04. The maximum atomic E-state index is 12.9. The number of nitrogens with zero attached hydrogens (tertiary/aromatic N) is 3. The van der Waals surface area contributed by atoms with E-state index in [2.05, 4.69) is 4.57 Å². The molecule has 1 fully saturated rings. The molecule has 0 N–H and O–H groups in total. The molecule has 4 rings (SSSR count). The molecule has 1 amide bonds. The normalized spacial score (nSPS) is 14.7. The number of hydrogen-bond donors (Lipinski definition) is 0. The van der Waals surface area contributed by atoms with Crippen LogP contribution in [0.1, 0.15) is 53.5 Å². The molecule has 0 bridgehead atoms. The van der Waals surface area contributed by atoms with Crippen LogP contribution in [-0.2, 0) is 6.54 Å². The maximum Gasteiger partial charge on any atom is 0.254 e. The molecule has 1 heterocycles. The molecule has 0 atom stereocenters. The van der Waals surface area contributed by atoms with Crippen LogP contribution in [0, 0.1) is 6.92 Å². The number of rotatable bonds is 4. The fourth-order valence-corrected chi connectivity index (χ4v) is 4.37. The summed E-state index contributed by atoms with van der Waals surface area (Å²) in [6.07, 6.45) is 4.72. The number of imidazole rings is 1. The molecule has 2 aromatic carbocycles. The van der Waals surface area contributed by atoms with Crippen LogP contribution in [0.4, 0.5) is 0 Å². The van der Waals surface area contributed by atoms with Gasteiger partial charge in [0.25, 0.3) is 5.91 Å². The molecule has 4 nitrogen and oxygen atoms in total. The minimum Gasteiger partial charge on any atom is -0.334 e. The maximum absolute atomic E-state index is 12.9. The van der Waals surface area contributed by atoms with Crippen LogP contribution < -0.4 is 0 Å². The van der Waals surface area contributed by atoms with Crippen LogP contribution in [0.2, 0.25) is 10.0 Å². The highest BCUT2D eigenvalue weighted by atomic mass is 35.5. The van der Waals surface area contributed by atoms with Gasteiger partial charge in [0, 0.05) is 28.7 Å². The first-order chi connectivity index (χ1) is 13.4. The summed E-state index contributed by atoms with van der Waals surface area (Å²) in [7, 11) is 1.81. The van der Waals surface area contributed by atoms with Crippen LogP contribution in [-0.4, -0.2) is 27.4 Å². The quantitative estimate of drug-likeness (QED) is 0.520. The topological polar surface area (TPSA) is 38.1 Å². The highest BCUT2D eigenvalue weighted by Gasteiger charge is 2.24. The Hall–Kier alpha value is -2.04. The molecule has 146 valence electrons. The molecule has 0 spiro atoms. The standard InChI is InChI=1S/C22H23Cl2N3O/c1-14-7-8-15(11-18(14)24)22(28)26(2)13-21-25-19-10-9-16(23)12-20(19)27(21)17-5-3-4-6-17/h7-12,17H,3-6,13H2,1-2H3. The van der Waals surface area contributed by atoms with Gasteiger partial charge in [-0.05, 0) is 55.7 Å². The van der Waals surface area contributed by atoms with Crippen molar-refractivity contribution in [3.63, 3.8) is 0 Å². The van der Waals surface area contributed by atoms with Crippen molar-refractivity contribution in [2.75, 3.05) is 7.05 Å². The average Bonchev–Trinajstić information content (AvgIpc) is 3.30. The smallest absolute Gasteiger partial charge is 0.254 e. The molecular formula is C22H23Cl2N3O. The zero-order valence-corrected chi connectivity index (χ0v) is 17.6. The second-order valence-electron chi connectivity index (χ2n) is 7.59. The molecule has 0 saturated heterocycles. The van der Waals surface area contributed by atoms with Gasteiger partial charge in [-0.2, -0.15) is 0 Å². The van der Waals surface area contributed by atoms with Gasteiger partial charge in [0.15, 0.2) is 0 Å². The zero-order chi connectivity index (χ0) is 19.8. The molecule has 0 aliphatic heterocycles. The zero-order valence-electron chi connectivity index (χ0n) is 16.1. The van der Waals surface area contributed by atoms with Gasteiger partial charge in [-0.15, -0.1) is 0 Å². The fraction of sp³-hybridized carbons (Fsp3) is 0.364. The Morgan fingerprint density at radius 3 is 2.64 bits per heavy atom. The number of aromatic nitrogens is 2. The summed E-state index contributed by atoms with van der Waals surface area (Å²) in [5, 5.41) is 1.31. The van der Waals surface area contributed by atoms with Crippen molar-refractivity contribution in [2.45, 2.75) is 45.2 Å². The summed E-state index contributed by atoms with van der Waals surface area (Å²) in [5.41, 5.74) is 3.52. The number of carbonyl (C=O) groups excluding carboxylic acids is 1. The molecule has 1 saturated carbocycles. The van der Waals surface area contributed by atoms with E-state index >= 15 is 0 Å². The van der Waals surface area contributed by atoms with E-state index in [-0.39, 0.29) is 5.91 Å². The van der Waals surface area contributed by atoms with Crippen molar-refractivity contribution < 1.29 is 4.79 Å². The largest absolute Gasteiger partial charge is 0.334 e. The van der Waals surface area contributed by atoms with Gasteiger partial charge in [0.1, 0.15) is 5.82 Å². The van der Waals surface area contributed by atoms with Gasteiger partial charge < -0.3 is 9.47 Å². The summed E-state index contributed by atoms with van der Waals surface area (Å²) in [6.45, 7) is 2.36. The van der Waals surface area contributed by atoms with Gasteiger partial charge in [-0.3, -0.25) is 4.79 Å².